The Kier molecular flexibility index (Phi) is 5.06. The zero-order valence-corrected chi connectivity index (χ0v) is 4.85. The van der Waals surface area contributed by atoms with Gasteiger partial charge in [-0.2, -0.15) is 0 Å². The van der Waals surface area contributed by atoms with Crippen LogP contribution < -0.4 is 0 Å². The second kappa shape index (κ2) is 5.47. The summed E-state index contributed by atoms with van der Waals surface area (Å²) in [5, 5.41) is 3.54. The average molecular weight is 101 g/mol. The Morgan fingerprint density at radius 2 is 2.43 bits per heavy atom. The van der Waals surface area contributed by atoms with E-state index in [0.29, 0.717) is 0 Å². The van der Waals surface area contributed by atoms with E-state index >= 15 is 0 Å². The summed E-state index contributed by atoms with van der Waals surface area (Å²) in [5.41, 5.74) is 0. The molecule has 0 aliphatic carbocycles. The van der Waals surface area contributed by atoms with Crippen molar-refractivity contribution in [1.29, 1.82) is 0 Å². The van der Waals surface area contributed by atoms with E-state index in [2.05, 4.69) is 16.9 Å². The van der Waals surface area contributed by atoms with Crippen molar-refractivity contribution in [2.24, 2.45) is 5.16 Å². The summed E-state index contributed by atoms with van der Waals surface area (Å²) in [6.45, 7) is 2.10. The second-order valence-electron chi connectivity index (χ2n) is 1.26. The maximum Gasteiger partial charge on any atom is 0.106 e. The van der Waals surface area contributed by atoms with Crippen molar-refractivity contribution in [2.75, 3.05) is 7.11 Å². The van der Waals surface area contributed by atoms with E-state index in [4.69, 9.17) is 0 Å². The van der Waals surface area contributed by atoms with Crippen molar-refractivity contribution < 1.29 is 4.84 Å². The van der Waals surface area contributed by atoms with E-state index in [0.717, 1.165) is 12.8 Å². The van der Waals surface area contributed by atoms with Gasteiger partial charge in [-0.05, 0) is 6.42 Å². The van der Waals surface area contributed by atoms with Crippen LogP contribution in [0.2, 0.25) is 0 Å². The first-order valence-corrected chi connectivity index (χ1v) is 2.46. The van der Waals surface area contributed by atoms with Crippen LogP contribution in [0.15, 0.2) is 5.16 Å². The third-order valence-corrected chi connectivity index (χ3v) is 0.598. The maximum absolute atomic E-state index is 4.41. The Balaban J connectivity index is 2.78. The van der Waals surface area contributed by atoms with Gasteiger partial charge in [-0.3, -0.25) is 0 Å². The first-order chi connectivity index (χ1) is 3.41. The topological polar surface area (TPSA) is 21.6 Å². The number of nitrogens with zero attached hydrogens (tertiary/aromatic N) is 1. The molecular weight excluding hydrogens is 90.1 g/mol. The third kappa shape index (κ3) is 5.47. The Bertz CT molecular complexity index is 52.0. The highest BCUT2D eigenvalue weighted by atomic mass is 16.6. The van der Waals surface area contributed by atoms with Crippen molar-refractivity contribution >= 4 is 6.21 Å². The molecule has 2 nitrogen and oxygen atoms in total. The predicted molar refractivity (Wildman–Crippen MR) is 30.4 cm³/mol. The molecule has 0 aromatic carbocycles. The lowest BCUT2D eigenvalue weighted by atomic mass is 10.4. The third-order valence-electron chi connectivity index (χ3n) is 0.598. The zero-order valence-electron chi connectivity index (χ0n) is 4.85. The summed E-state index contributed by atoms with van der Waals surface area (Å²) in [7, 11) is 1.55. The van der Waals surface area contributed by atoms with Crippen molar-refractivity contribution in [1.82, 2.24) is 0 Å². The molecule has 0 rings (SSSR count). The van der Waals surface area contributed by atoms with Gasteiger partial charge in [0, 0.05) is 6.21 Å². The van der Waals surface area contributed by atoms with Crippen LogP contribution in [0.3, 0.4) is 0 Å². The molecule has 7 heavy (non-hydrogen) atoms. The Morgan fingerprint density at radius 3 is 2.86 bits per heavy atom. The van der Waals surface area contributed by atoms with Crippen LogP contribution >= 0.6 is 0 Å². The van der Waals surface area contributed by atoms with Crippen LogP contribution in [0.1, 0.15) is 19.8 Å². The molecule has 0 fully saturated rings. The maximum atomic E-state index is 4.41. The molecule has 0 bridgehead atoms. The van der Waals surface area contributed by atoms with Gasteiger partial charge in [-0.15, -0.1) is 0 Å². The predicted octanol–water partition coefficient (Wildman–Crippen LogP) is 1.42. The Labute approximate surface area is 44.2 Å². The highest BCUT2D eigenvalue weighted by Crippen LogP contribution is 1.79. The summed E-state index contributed by atoms with van der Waals surface area (Å²) in [5.74, 6) is 0. The fourth-order valence-electron chi connectivity index (χ4n) is 0.256. The molecule has 0 amide bonds. The van der Waals surface area contributed by atoms with Crippen LogP contribution in [-0.4, -0.2) is 13.3 Å². The van der Waals surface area contributed by atoms with Gasteiger partial charge < -0.3 is 4.84 Å². The quantitative estimate of drug-likeness (QED) is 0.389. The fourth-order valence-corrected chi connectivity index (χ4v) is 0.256. The monoisotopic (exact) mass is 101 g/mol. The smallest absolute Gasteiger partial charge is 0.106 e. The molecule has 0 saturated carbocycles. The standard InChI is InChI=1S/C5H11NO/c1-3-4-5-6-7-2/h5H,3-4H2,1-2H3/b6-5+. The summed E-state index contributed by atoms with van der Waals surface area (Å²) in [6.07, 6.45) is 3.90. The van der Waals surface area contributed by atoms with Gasteiger partial charge in [-0.25, -0.2) is 0 Å². The first kappa shape index (κ1) is 6.47. The Hall–Kier alpha value is -0.530. The molecular formula is C5H11NO. The van der Waals surface area contributed by atoms with E-state index in [1.807, 2.05) is 0 Å². The van der Waals surface area contributed by atoms with Gasteiger partial charge in [0.1, 0.15) is 7.11 Å². The molecule has 0 N–H and O–H groups in total. The molecule has 0 aliphatic heterocycles. The van der Waals surface area contributed by atoms with Gasteiger partial charge in [-0.1, -0.05) is 18.5 Å². The number of hydrogen-bond acceptors (Lipinski definition) is 2. The molecule has 0 aromatic rings. The summed E-state index contributed by atoms with van der Waals surface area (Å²) >= 11 is 0. The van der Waals surface area contributed by atoms with E-state index in [9.17, 15) is 0 Å². The van der Waals surface area contributed by atoms with Crippen LogP contribution in [0.5, 0.6) is 0 Å². The minimum Gasteiger partial charge on any atom is -0.399 e. The second-order valence-corrected chi connectivity index (χ2v) is 1.26. The van der Waals surface area contributed by atoms with Crippen LogP contribution in [0, 0.1) is 0 Å². The van der Waals surface area contributed by atoms with Crippen molar-refractivity contribution in [3.05, 3.63) is 0 Å². The van der Waals surface area contributed by atoms with Crippen molar-refractivity contribution in [2.45, 2.75) is 19.8 Å². The lowest BCUT2D eigenvalue weighted by Crippen LogP contribution is -1.72. The fraction of sp³-hybridized carbons (Fsp3) is 0.800. The lowest BCUT2D eigenvalue weighted by molar-refractivity contribution is 0.214. The highest BCUT2D eigenvalue weighted by Gasteiger charge is 1.69. The number of oxime groups is 1. The van der Waals surface area contributed by atoms with Gasteiger partial charge in [0.05, 0.1) is 0 Å². The molecule has 2 heteroatoms. The largest absolute Gasteiger partial charge is 0.399 e. The summed E-state index contributed by atoms with van der Waals surface area (Å²) in [4.78, 5) is 4.41. The van der Waals surface area contributed by atoms with E-state index < -0.39 is 0 Å². The van der Waals surface area contributed by atoms with Crippen molar-refractivity contribution in [3.63, 3.8) is 0 Å². The molecule has 0 saturated heterocycles. The van der Waals surface area contributed by atoms with Crippen molar-refractivity contribution in [3.8, 4) is 0 Å². The number of hydrogen-bond donors (Lipinski definition) is 0. The molecule has 0 atom stereocenters. The summed E-state index contributed by atoms with van der Waals surface area (Å²) in [6, 6.07) is 0. The normalized spacial score (nSPS) is 10.0. The molecule has 42 valence electrons. The van der Waals surface area contributed by atoms with Gasteiger partial charge >= 0.3 is 0 Å². The van der Waals surface area contributed by atoms with E-state index in [1.165, 1.54) is 0 Å². The lowest BCUT2D eigenvalue weighted by Gasteiger charge is -1.82. The molecule has 0 aromatic heterocycles. The van der Waals surface area contributed by atoms with E-state index in [-0.39, 0.29) is 0 Å². The van der Waals surface area contributed by atoms with Gasteiger partial charge in [0.15, 0.2) is 0 Å². The Morgan fingerprint density at radius 1 is 1.71 bits per heavy atom. The van der Waals surface area contributed by atoms with E-state index in [1.54, 1.807) is 13.3 Å². The SMILES string of the molecule is CCC/C=N/OC. The van der Waals surface area contributed by atoms with Crippen LogP contribution in [0.25, 0.3) is 0 Å². The summed E-state index contributed by atoms with van der Waals surface area (Å²) < 4.78 is 0. The van der Waals surface area contributed by atoms with Gasteiger partial charge in [0.2, 0.25) is 0 Å². The molecule has 0 heterocycles. The molecule has 0 spiro atoms. The first-order valence-electron chi connectivity index (χ1n) is 2.46. The number of rotatable bonds is 3. The van der Waals surface area contributed by atoms with Gasteiger partial charge in [0.25, 0.3) is 0 Å². The highest BCUT2D eigenvalue weighted by molar-refractivity contribution is 5.55. The minimum atomic E-state index is 1.01. The molecule has 0 unspecified atom stereocenters. The molecule has 0 aliphatic rings. The van der Waals surface area contributed by atoms with Crippen LogP contribution in [-0.2, 0) is 4.84 Å². The zero-order chi connectivity index (χ0) is 5.54. The minimum absolute atomic E-state index is 1.01. The molecule has 0 radical (unpaired) electrons. The number of unbranched alkanes of at least 4 members (excludes halogenated alkanes) is 1. The van der Waals surface area contributed by atoms with Crippen LogP contribution in [0.4, 0.5) is 0 Å². The average Bonchev–Trinajstić information content (AvgIpc) is 1.69.